The van der Waals surface area contributed by atoms with Gasteiger partial charge >= 0.3 is 0 Å². The van der Waals surface area contributed by atoms with Gasteiger partial charge in [0.05, 0.1) is 19.3 Å². The molecule has 0 atom stereocenters. The van der Waals surface area contributed by atoms with Gasteiger partial charge in [0.1, 0.15) is 6.54 Å². The zero-order valence-electron chi connectivity index (χ0n) is 12.1. The predicted octanol–water partition coefficient (Wildman–Crippen LogP) is 4.75. The maximum atomic E-state index is 4.11. The molecule has 1 heteroatoms. The highest BCUT2D eigenvalue weighted by atomic mass is 15.3. The van der Waals surface area contributed by atoms with Crippen molar-refractivity contribution < 1.29 is 4.48 Å². The Morgan fingerprint density at radius 2 is 1.56 bits per heavy atom. The average molecular weight is 246 g/mol. The van der Waals surface area contributed by atoms with Crippen molar-refractivity contribution >= 4 is 0 Å². The Morgan fingerprint density at radius 3 is 2.00 bits per heavy atom. The molecule has 0 aromatic heterocycles. The topological polar surface area (TPSA) is 0 Å². The van der Waals surface area contributed by atoms with Crippen LogP contribution in [0.3, 0.4) is 0 Å². The third kappa shape index (κ3) is 4.66. The summed E-state index contributed by atoms with van der Waals surface area (Å²) in [6.07, 6.45) is 7.24. The predicted molar refractivity (Wildman–Crippen MR) is 80.2 cm³/mol. The molecule has 0 aliphatic heterocycles. The van der Waals surface area contributed by atoms with Crippen LogP contribution in [0.2, 0.25) is 0 Å². The summed E-state index contributed by atoms with van der Waals surface area (Å²) in [4.78, 5) is 0. The molecule has 0 spiro atoms. The molecule has 1 nitrogen and oxygen atoms in total. The molecule has 0 heterocycles. The maximum absolute atomic E-state index is 4.11. The number of quaternary nitrogens is 1. The van der Waals surface area contributed by atoms with E-state index in [0.29, 0.717) is 0 Å². The van der Waals surface area contributed by atoms with E-state index in [-0.39, 0.29) is 0 Å². The van der Waals surface area contributed by atoms with Gasteiger partial charge in [0.25, 0.3) is 0 Å². The molecule has 1 rings (SSSR count). The van der Waals surface area contributed by atoms with Crippen molar-refractivity contribution in [1.29, 1.82) is 0 Å². The molecule has 0 amide bonds. The minimum atomic E-state index is 1.03. The van der Waals surface area contributed by atoms with Crippen molar-refractivity contribution in [3.05, 3.63) is 48.7 Å². The first-order valence-electron chi connectivity index (χ1n) is 7.29. The monoisotopic (exact) mass is 246 g/mol. The lowest BCUT2D eigenvalue weighted by Crippen LogP contribution is -2.43. The Kier molecular flexibility index (Phi) is 6.74. The van der Waals surface area contributed by atoms with Crippen LogP contribution < -0.4 is 0 Å². The molecule has 1 aromatic carbocycles. The van der Waals surface area contributed by atoms with Crippen molar-refractivity contribution in [1.82, 2.24) is 0 Å². The Bertz CT molecular complexity index is 321. The van der Waals surface area contributed by atoms with Crippen molar-refractivity contribution in [3.8, 4) is 0 Å². The second-order valence-corrected chi connectivity index (χ2v) is 5.20. The van der Waals surface area contributed by atoms with Gasteiger partial charge in [0, 0.05) is 5.56 Å². The fourth-order valence-electron chi connectivity index (χ4n) is 2.41. The van der Waals surface area contributed by atoms with Crippen LogP contribution in [-0.4, -0.2) is 17.6 Å². The largest absolute Gasteiger partial charge is 0.294 e. The molecular formula is C17H28N+. The average Bonchev–Trinajstić information content (AvgIpc) is 2.43. The van der Waals surface area contributed by atoms with E-state index in [1.807, 2.05) is 0 Å². The SMILES string of the molecule is C=C[N+](CCCC)(CCCC)Cc1ccccc1. The molecule has 0 saturated heterocycles. The summed E-state index contributed by atoms with van der Waals surface area (Å²) in [6, 6.07) is 10.8. The van der Waals surface area contributed by atoms with E-state index in [9.17, 15) is 0 Å². The van der Waals surface area contributed by atoms with Crippen LogP contribution in [-0.2, 0) is 6.54 Å². The molecule has 100 valence electrons. The van der Waals surface area contributed by atoms with Crippen LogP contribution in [0.4, 0.5) is 0 Å². The summed E-state index contributed by atoms with van der Waals surface area (Å²) in [5.74, 6) is 0. The van der Waals surface area contributed by atoms with E-state index in [1.165, 1.54) is 44.3 Å². The summed E-state index contributed by atoms with van der Waals surface area (Å²) < 4.78 is 1.03. The lowest BCUT2D eigenvalue weighted by molar-refractivity contribution is -0.893. The zero-order valence-corrected chi connectivity index (χ0v) is 12.1. The lowest BCUT2D eigenvalue weighted by Gasteiger charge is -2.35. The molecular weight excluding hydrogens is 218 g/mol. The highest BCUT2D eigenvalue weighted by molar-refractivity contribution is 5.13. The highest BCUT2D eigenvalue weighted by Crippen LogP contribution is 2.18. The molecule has 0 N–H and O–H groups in total. The molecule has 0 radical (unpaired) electrons. The fraction of sp³-hybridized carbons (Fsp3) is 0.529. The Hall–Kier alpha value is -1.08. The summed E-state index contributed by atoms with van der Waals surface area (Å²) in [6.45, 7) is 12.2. The van der Waals surface area contributed by atoms with Gasteiger partial charge in [-0.3, -0.25) is 4.48 Å². The van der Waals surface area contributed by atoms with E-state index in [2.05, 4.69) is 57.0 Å². The maximum Gasteiger partial charge on any atom is 0.109 e. The van der Waals surface area contributed by atoms with Gasteiger partial charge in [0.2, 0.25) is 0 Å². The number of benzene rings is 1. The quantitative estimate of drug-likeness (QED) is 0.552. The Labute approximate surface area is 113 Å². The molecule has 0 aliphatic carbocycles. The van der Waals surface area contributed by atoms with E-state index < -0.39 is 0 Å². The first-order valence-corrected chi connectivity index (χ1v) is 7.29. The number of hydrogen-bond donors (Lipinski definition) is 0. The number of hydrogen-bond acceptors (Lipinski definition) is 0. The zero-order chi connectivity index (χ0) is 13.3. The van der Waals surface area contributed by atoms with Crippen molar-refractivity contribution in [2.45, 2.75) is 46.1 Å². The molecule has 0 fully saturated rings. The van der Waals surface area contributed by atoms with Crippen molar-refractivity contribution in [3.63, 3.8) is 0 Å². The minimum Gasteiger partial charge on any atom is -0.294 e. The van der Waals surface area contributed by atoms with Crippen LogP contribution in [0.15, 0.2) is 43.1 Å². The Balaban J connectivity index is 2.77. The number of unbranched alkanes of at least 4 members (excludes halogenated alkanes) is 2. The molecule has 18 heavy (non-hydrogen) atoms. The van der Waals surface area contributed by atoms with Crippen molar-refractivity contribution in [2.75, 3.05) is 13.1 Å². The second kappa shape index (κ2) is 8.10. The van der Waals surface area contributed by atoms with E-state index in [4.69, 9.17) is 0 Å². The lowest BCUT2D eigenvalue weighted by atomic mass is 10.1. The van der Waals surface area contributed by atoms with E-state index in [1.54, 1.807) is 0 Å². The third-order valence-corrected chi connectivity index (χ3v) is 3.64. The van der Waals surface area contributed by atoms with Gasteiger partial charge in [0.15, 0.2) is 0 Å². The van der Waals surface area contributed by atoms with Gasteiger partial charge in [-0.05, 0) is 19.4 Å². The summed E-state index contributed by atoms with van der Waals surface area (Å²) in [5.41, 5.74) is 1.42. The first kappa shape index (κ1) is 15.0. The van der Waals surface area contributed by atoms with E-state index in [0.717, 1.165) is 11.0 Å². The minimum absolute atomic E-state index is 1.03. The van der Waals surface area contributed by atoms with E-state index >= 15 is 0 Å². The number of nitrogens with zero attached hydrogens (tertiary/aromatic N) is 1. The van der Waals surface area contributed by atoms with Gasteiger partial charge in [-0.1, -0.05) is 57.0 Å². The Morgan fingerprint density at radius 1 is 1.00 bits per heavy atom. The molecule has 0 bridgehead atoms. The standard InChI is InChI=1S/C17H28N/c1-4-7-14-18(6-3,15-8-5-2)16-17-12-10-9-11-13-17/h6,9-13H,3-5,7-8,14-16H2,1-2H3/q+1. The molecule has 0 saturated carbocycles. The molecule has 0 unspecified atom stereocenters. The smallest absolute Gasteiger partial charge is 0.109 e. The first-order chi connectivity index (χ1) is 8.76. The van der Waals surface area contributed by atoms with Gasteiger partial charge in [-0.15, -0.1) is 0 Å². The van der Waals surface area contributed by atoms with Crippen LogP contribution in [0.25, 0.3) is 0 Å². The number of rotatable bonds is 9. The van der Waals surface area contributed by atoms with Crippen LogP contribution in [0, 0.1) is 0 Å². The summed E-state index contributed by atoms with van der Waals surface area (Å²) in [5, 5.41) is 0. The van der Waals surface area contributed by atoms with Crippen LogP contribution in [0.5, 0.6) is 0 Å². The van der Waals surface area contributed by atoms with Gasteiger partial charge < -0.3 is 0 Å². The van der Waals surface area contributed by atoms with Crippen LogP contribution >= 0.6 is 0 Å². The normalized spacial score (nSPS) is 11.4. The summed E-state index contributed by atoms with van der Waals surface area (Å²) >= 11 is 0. The van der Waals surface area contributed by atoms with Gasteiger partial charge in [-0.2, -0.15) is 0 Å². The third-order valence-electron chi connectivity index (χ3n) is 3.64. The van der Waals surface area contributed by atoms with Crippen LogP contribution in [0.1, 0.15) is 45.1 Å². The molecule has 1 aromatic rings. The van der Waals surface area contributed by atoms with Gasteiger partial charge in [-0.25, -0.2) is 0 Å². The molecule has 0 aliphatic rings. The fourth-order valence-corrected chi connectivity index (χ4v) is 2.41. The summed E-state index contributed by atoms with van der Waals surface area (Å²) in [7, 11) is 0. The second-order valence-electron chi connectivity index (χ2n) is 5.20. The van der Waals surface area contributed by atoms with Crippen molar-refractivity contribution in [2.24, 2.45) is 0 Å². The highest BCUT2D eigenvalue weighted by Gasteiger charge is 2.23.